The SMILES string of the molecule is C=C/C(=C\NN)c1cnc(N)c2c(-c3ccc(Oc4ccccc4)cc3)csc12. The first kappa shape index (κ1) is 18.7. The summed E-state index contributed by atoms with van der Waals surface area (Å²) in [5.74, 6) is 7.53. The predicted octanol–water partition coefficient (Wildman–Crippen LogP) is 5.33. The third-order valence-corrected chi connectivity index (χ3v) is 5.55. The molecule has 0 aliphatic heterocycles. The van der Waals surface area contributed by atoms with Crippen molar-refractivity contribution in [2.45, 2.75) is 0 Å². The van der Waals surface area contributed by atoms with Crippen molar-refractivity contribution in [2.75, 3.05) is 5.73 Å². The summed E-state index contributed by atoms with van der Waals surface area (Å²) in [5, 5.41) is 3.02. The molecule has 0 bridgehead atoms. The molecule has 2 aromatic heterocycles. The molecule has 0 fully saturated rings. The fraction of sp³-hybridized carbons (Fsp3) is 0. The summed E-state index contributed by atoms with van der Waals surface area (Å²) in [6.45, 7) is 3.86. The molecule has 4 aromatic rings. The predicted molar refractivity (Wildman–Crippen MR) is 121 cm³/mol. The van der Waals surface area contributed by atoms with Gasteiger partial charge in [0.1, 0.15) is 17.3 Å². The first-order valence-corrected chi connectivity index (χ1v) is 9.87. The lowest BCUT2D eigenvalue weighted by atomic mass is 10.0. The number of hydrazine groups is 1. The largest absolute Gasteiger partial charge is 0.457 e. The van der Waals surface area contributed by atoms with Crippen LogP contribution < -0.4 is 21.7 Å². The minimum absolute atomic E-state index is 0.494. The van der Waals surface area contributed by atoms with Gasteiger partial charge in [0.15, 0.2) is 0 Å². The lowest BCUT2D eigenvalue weighted by molar-refractivity contribution is 0.483. The third kappa shape index (κ3) is 3.71. The standard InChI is InChI=1S/C23H20N4OS/c1-2-15(12-27-25)19-13-26-23(24)21-20(14-29-22(19)21)16-8-10-18(11-9-16)28-17-6-4-3-5-7-17/h2-14,27H,1,25H2,(H2,24,26)/b15-12+. The second-order valence-corrected chi connectivity index (χ2v) is 7.20. The number of thiophene rings is 1. The van der Waals surface area contributed by atoms with Crippen molar-refractivity contribution in [1.29, 1.82) is 0 Å². The molecule has 0 saturated heterocycles. The summed E-state index contributed by atoms with van der Waals surface area (Å²) in [6, 6.07) is 17.7. The quantitative estimate of drug-likeness (QED) is 0.231. The van der Waals surface area contributed by atoms with Gasteiger partial charge in [-0.05, 0) is 35.2 Å². The van der Waals surface area contributed by atoms with E-state index in [0.717, 1.165) is 43.8 Å². The number of rotatable bonds is 6. The van der Waals surface area contributed by atoms with Crippen LogP contribution in [0.15, 0.2) is 85.0 Å². The molecule has 2 heterocycles. The molecular weight excluding hydrogens is 380 g/mol. The lowest BCUT2D eigenvalue weighted by Gasteiger charge is -2.09. The molecule has 0 amide bonds. The minimum atomic E-state index is 0.494. The summed E-state index contributed by atoms with van der Waals surface area (Å²) in [4.78, 5) is 4.39. The monoisotopic (exact) mass is 400 g/mol. The number of anilines is 1. The van der Waals surface area contributed by atoms with Gasteiger partial charge in [0.25, 0.3) is 0 Å². The van der Waals surface area contributed by atoms with Gasteiger partial charge in [-0.25, -0.2) is 4.98 Å². The van der Waals surface area contributed by atoms with Gasteiger partial charge in [-0.1, -0.05) is 43.0 Å². The number of allylic oxidation sites excluding steroid dienone is 2. The molecule has 2 aromatic carbocycles. The van der Waals surface area contributed by atoms with Crippen LogP contribution in [0.2, 0.25) is 0 Å². The van der Waals surface area contributed by atoms with E-state index in [1.54, 1.807) is 29.8 Å². The van der Waals surface area contributed by atoms with E-state index < -0.39 is 0 Å². The molecule has 0 aliphatic rings. The molecule has 0 unspecified atom stereocenters. The van der Waals surface area contributed by atoms with Crippen molar-refractivity contribution in [3.8, 4) is 22.6 Å². The fourth-order valence-electron chi connectivity index (χ4n) is 3.15. The molecule has 6 heteroatoms. The Morgan fingerprint density at radius 1 is 1.07 bits per heavy atom. The Balaban J connectivity index is 1.73. The van der Waals surface area contributed by atoms with Crippen molar-refractivity contribution < 1.29 is 4.74 Å². The van der Waals surface area contributed by atoms with Gasteiger partial charge < -0.3 is 15.9 Å². The van der Waals surface area contributed by atoms with Crippen molar-refractivity contribution in [3.05, 3.63) is 90.6 Å². The summed E-state index contributed by atoms with van der Waals surface area (Å²) in [6.07, 6.45) is 5.18. The zero-order valence-electron chi connectivity index (χ0n) is 15.6. The van der Waals surface area contributed by atoms with E-state index in [1.165, 1.54) is 0 Å². The number of ether oxygens (including phenoxy) is 1. The van der Waals surface area contributed by atoms with Gasteiger partial charge >= 0.3 is 0 Å². The van der Waals surface area contributed by atoms with Crippen molar-refractivity contribution in [3.63, 3.8) is 0 Å². The summed E-state index contributed by atoms with van der Waals surface area (Å²) in [7, 11) is 0. The van der Waals surface area contributed by atoms with Crippen LogP contribution in [-0.4, -0.2) is 4.98 Å². The number of pyridine rings is 1. The maximum absolute atomic E-state index is 6.24. The number of fused-ring (bicyclic) bond motifs is 1. The van der Waals surface area contributed by atoms with Crippen LogP contribution in [0.4, 0.5) is 5.82 Å². The Bertz CT molecular complexity index is 1180. The van der Waals surface area contributed by atoms with Crippen LogP contribution >= 0.6 is 11.3 Å². The van der Waals surface area contributed by atoms with Gasteiger partial charge in [0, 0.05) is 39.2 Å². The third-order valence-electron chi connectivity index (χ3n) is 4.54. The maximum Gasteiger partial charge on any atom is 0.132 e. The topological polar surface area (TPSA) is 86.2 Å². The van der Waals surface area contributed by atoms with E-state index in [0.29, 0.717) is 5.82 Å². The van der Waals surface area contributed by atoms with Crippen molar-refractivity contribution in [2.24, 2.45) is 5.84 Å². The van der Waals surface area contributed by atoms with Crippen LogP contribution in [0, 0.1) is 0 Å². The average Bonchev–Trinajstić information content (AvgIpc) is 3.20. The minimum Gasteiger partial charge on any atom is -0.457 e. The Morgan fingerprint density at radius 3 is 2.48 bits per heavy atom. The Morgan fingerprint density at radius 2 is 1.79 bits per heavy atom. The van der Waals surface area contributed by atoms with E-state index in [4.69, 9.17) is 16.3 Å². The summed E-state index contributed by atoms with van der Waals surface area (Å²) >= 11 is 1.62. The number of hydrogen-bond acceptors (Lipinski definition) is 6. The molecule has 0 aliphatic carbocycles. The van der Waals surface area contributed by atoms with E-state index in [2.05, 4.69) is 22.4 Å². The normalized spacial score (nSPS) is 11.4. The smallest absolute Gasteiger partial charge is 0.132 e. The van der Waals surface area contributed by atoms with E-state index in [9.17, 15) is 0 Å². The molecule has 0 saturated carbocycles. The van der Waals surface area contributed by atoms with Crippen molar-refractivity contribution >= 4 is 32.8 Å². The van der Waals surface area contributed by atoms with Crippen LogP contribution in [0.5, 0.6) is 11.5 Å². The molecule has 5 nitrogen and oxygen atoms in total. The first-order chi connectivity index (χ1) is 14.2. The second kappa shape index (κ2) is 8.18. The van der Waals surface area contributed by atoms with Crippen LogP contribution in [0.3, 0.4) is 0 Å². The van der Waals surface area contributed by atoms with Gasteiger partial charge in [0.05, 0.1) is 0 Å². The molecule has 0 radical (unpaired) electrons. The van der Waals surface area contributed by atoms with Crippen molar-refractivity contribution in [1.82, 2.24) is 10.4 Å². The van der Waals surface area contributed by atoms with Crippen LogP contribution in [0.1, 0.15) is 5.56 Å². The Labute approximate surface area is 172 Å². The highest BCUT2D eigenvalue weighted by Crippen LogP contribution is 2.40. The molecular formula is C23H20N4OS. The average molecular weight is 401 g/mol. The number of nitrogens with one attached hydrogen (secondary N) is 1. The molecule has 0 spiro atoms. The number of nitrogens with two attached hydrogens (primary N) is 2. The first-order valence-electron chi connectivity index (χ1n) is 8.99. The number of para-hydroxylation sites is 1. The number of nitrogen functional groups attached to an aromatic ring is 1. The number of nitrogens with zero attached hydrogens (tertiary/aromatic N) is 1. The summed E-state index contributed by atoms with van der Waals surface area (Å²) in [5.41, 5.74) is 12.7. The van der Waals surface area contributed by atoms with Gasteiger partial charge in [0.2, 0.25) is 0 Å². The molecule has 29 heavy (non-hydrogen) atoms. The lowest BCUT2D eigenvalue weighted by Crippen LogP contribution is -2.13. The van der Waals surface area contributed by atoms with Crippen LogP contribution in [0.25, 0.3) is 26.8 Å². The highest BCUT2D eigenvalue weighted by Gasteiger charge is 2.15. The number of benzene rings is 2. The number of aromatic nitrogens is 1. The highest BCUT2D eigenvalue weighted by molar-refractivity contribution is 7.18. The van der Waals surface area contributed by atoms with E-state index >= 15 is 0 Å². The summed E-state index contributed by atoms with van der Waals surface area (Å²) < 4.78 is 6.92. The maximum atomic E-state index is 6.24. The van der Waals surface area contributed by atoms with Crippen LogP contribution in [-0.2, 0) is 0 Å². The molecule has 4 rings (SSSR count). The Kier molecular flexibility index (Phi) is 5.29. The second-order valence-electron chi connectivity index (χ2n) is 6.32. The van der Waals surface area contributed by atoms with Gasteiger partial charge in [-0.3, -0.25) is 5.84 Å². The Hall–Kier alpha value is -3.61. The van der Waals surface area contributed by atoms with Gasteiger partial charge in [-0.15, -0.1) is 11.3 Å². The zero-order valence-corrected chi connectivity index (χ0v) is 16.4. The number of hydrogen-bond donors (Lipinski definition) is 3. The highest BCUT2D eigenvalue weighted by atomic mass is 32.1. The molecule has 5 N–H and O–H groups in total. The van der Waals surface area contributed by atoms with E-state index in [-0.39, 0.29) is 0 Å². The zero-order chi connectivity index (χ0) is 20.2. The molecule has 144 valence electrons. The van der Waals surface area contributed by atoms with E-state index in [1.807, 2.05) is 54.6 Å². The molecule has 0 atom stereocenters. The van der Waals surface area contributed by atoms with Gasteiger partial charge in [-0.2, -0.15) is 0 Å². The fourth-order valence-corrected chi connectivity index (χ4v) is 4.27.